The van der Waals surface area contributed by atoms with Gasteiger partial charge in [0.05, 0.1) is 6.54 Å². The smallest absolute Gasteiger partial charge is 0.250 e. The Hall–Kier alpha value is -1.83. The van der Waals surface area contributed by atoms with Gasteiger partial charge >= 0.3 is 0 Å². The molecule has 1 saturated carbocycles. The van der Waals surface area contributed by atoms with E-state index in [0.717, 1.165) is 5.92 Å². The van der Waals surface area contributed by atoms with E-state index < -0.39 is 0 Å². The van der Waals surface area contributed by atoms with E-state index in [4.69, 9.17) is 0 Å². The number of nitrogens with zero attached hydrogens (tertiary/aromatic N) is 1. The van der Waals surface area contributed by atoms with Gasteiger partial charge in [-0.2, -0.15) is 0 Å². The van der Waals surface area contributed by atoms with Crippen LogP contribution in [0, 0.1) is 0 Å². The molecule has 0 N–H and O–H groups in total. The van der Waals surface area contributed by atoms with Crippen molar-refractivity contribution >= 4 is 0 Å². The topological polar surface area (TPSA) is 22.0 Å². The van der Waals surface area contributed by atoms with Crippen LogP contribution in [0.15, 0.2) is 53.5 Å². The molecule has 98 valence electrons. The van der Waals surface area contributed by atoms with Crippen molar-refractivity contribution in [1.82, 2.24) is 4.57 Å². The van der Waals surface area contributed by atoms with Gasteiger partial charge in [0.2, 0.25) is 0 Å². The molecule has 0 radical (unpaired) electrons. The van der Waals surface area contributed by atoms with Crippen LogP contribution < -0.4 is 5.56 Å². The average Bonchev–Trinajstić information content (AvgIpc) is 2.96. The summed E-state index contributed by atoms with van der Waals surface area (Å²) in [5.41, 5.74) is 2.71. The first-order chi connectivity index (χ1) is 9.33. The maximum Gasteiger partial charge on any atom is 0.250 e. The van der Waals surface area contributed by atoms with Crippen molar-refractivity contribution < 1.29 is 0 Å². The Kier molecular flexibility index (Phi) is 3.49. The molecular weight excluding hydrogens is 234 g/mol. The van der Waals surface area contributed by atoms with Crippen LogP contribution in [-0.4, -0.2) is 4.57 Å². The number of aromatic nitrogens is 1. The van der Waals surface area contributed by atoms with Gasteiger partial charge in [-0.3, -0.25) is 4.79 Å². The molecule has 1 aliphatic rings. The number of hydrogen-bond acceptors (Lipinski definition) is 1. The van der Waals surface area contributed by atoms with Crippen LogP contribution >= 0.6 is 0 Å². The fourth-order valence-electron chi connectivity index (χ4n) is 2.94. The summed E-state index contributed by atoms with van der Waals surface area (Å²) in [4.78, 5) is 11.7. The third kappa shape index (κ3) is 2.78. The standard InChI is InChI=1S/C17H19NO/c19-17-7-3-4-12-18(17)13-14-8-10-16(11-9-14)15-5-1-2-6-15/h3-4,7-12,15H,1-2,5-6,13H2. The third-order valence-electron chi connectivity index (χ3n) is 4.06. The minimum absolute atomic E-state index is 0.0577. The highest BCUT2D eigenvalue weighted by Crippen LogP contribution is 2.33. The molecule has 0 aliphatic heterocycles. The van der Waals surface area contributed by atoms with E-state index in [1.165, 1.54) is 36.8 Å². The van der Waals surface area contributed by atoms with E-state index in [0.29, 0.717) is 6.54 Å². The highest BCUT2D eigenvalue weighted by atomic mass is 16.1. The van der Waals surface area contributed by atoms with Gasteiger partial charge < -0.3 is 4.57 Å². The van der Waals surface area contributed by atoms with Gasteiger partial charge in [0.15, 0.2) is 0 Å². The molecule has 2 heteroatoms. The Morgan fingerprint density at radius 3 is 2.42 bits per heavy atom. The largest absolute Gasteiger partial charge is 0.311 e. The summed E-state index contributed by atoms with van der Waals surface area (Å²) < 4.78 is 1.74. The average molecular weight is 253 g/mol. The van der Waals surface area contributed by atoms with Crippen molar-refractivity contribution in [3.63, 3.8) is 0 Å². The lowest BCUT2D eigenvalue weighted by Gasteiger charge is -2.11. The SMILES string of the molecule is O=c1ccccn1Cc1ccc(C2CCCC2)cc1. The number of hydrogen-bond donors (Lipinski definition) is 0. The molecule has 0 atom stereocenters. The molecule has 0 saturated heterocycles. The molecule has 1 heterocycles. The molecule has 3 rings (SSSR count). The molecule has 1 aromatic carbocycles. The van der Waals surface area contributed by atoms with Crippen molar-refractivity contribution in [1.29, 1.82) is 0 Å². The maximum absolute atomic E-state index is 11.7. The fraction of sp³-hybridized carbons (Fsp3) is 0.353. The summed E-state index contributed by atoms with van der Waals surface area (Å²) in [6.45, 7) is 0.657. The van der Waals surface area contributed by atoms with Gasteiger partial charge in [0.25, 0.3) is 5.56 Å². The first-order valence-corrected chi connectivity index (χ1v) is 7.07. The first kappa shape index (κ1) is 12.2. The molecule has 0 spiro atoms. The quantitative estimate of drug-likeness (QED) is 0.820. The molecule has 1 aliphatic carbocycles. The molecule has 2 nitrogen and oxygen atoms in total. The Balaban J connectivity index is 1.76. The van der Waals surface area contributed by atoms with Gasteiger partial charge in [-0.15, -0.1) is 0 Å². The van der Waals surface area contributed by atoms with E-state index in [2.05, 4.69) is 24.3 Å². The molecule has 0 bridgehead atoms. The van der Waals surface area contributed by atoms with Gasteiger partial charge in [0.1, 0.15) is 0 Å². The van der Waals surface area contributed by atoms with Crippen LogP contribution in [0.2, 0.25) is 0 Å². The lowest BCUT2D eigenvalue weighted by molar-refractivity contribution is 0.719. The van der Waals surface area contributed by atoms with Crippen LogP contribution in [0.1, 0.15) is 42.7 Å². The van der Waals surface area contributed by atoms with Crippen molar-refractivity contribution in [3.8, 4) is 0 Å². The van der Waals surface area contributed by atoms with Gasteiger partial charge in [-0.1, -0.05) is 43.2 Å². The number of pyridine rings is 1. The summed E-state index contributed by atoms with van der Waals surface area (Å²) in [5.74, 6) is 0.758. The zero-order valence-corrected chi connectivity index (χ0v) is 11.1. The Morgan fingerprint density at radius 1 is 1.00 bits per heavy atom. The number of benzene rings is 1. The van der Waals surface area contributed by atoms with Crippen molar-refractivity contribution in [2.24, 2.45) is 0 Å². The second-order valence-electron chi connectivity index (χ2n) is 5.39. The van der Waals surface area contributed by atoms with Gasteiger partial charge in [-0.25, -0.2) is 0 Å². The third-order valence-corrected chi connectivity index (χ3v) is 4.06. The normalized spacial score (nSPS) is 15.8. The van der Waals surface area contributed by atoms with Crippen molar-refractivity contribution in [2.75, 3.05) is 0 Å². The summed E-state index contributed by atoms with van der Waals surface area (Å²) in [7, 11) is 0. The van der Waals surface area contributed by atoms with E-state index in [1.807, 2.05) is 12.3 Å². The predicted octanol–water partition coefficient (Wildman–Crippen LogP) is 3.55. The lowest BCUT2D eigenvalue weighted by Crippen LogP contribution is -2.18. The molecule has 0 unspecified atom stereocenters. The van der Waals surface area contributed by atoms with E-state index in [9.17, 15) is 4.79 Å². The second kappa shape index (κ2) is 5.43. The Labute approximate surface area is 113 Å². The van der Waals surface area contributed by atoms with E-state index >= 15 is 0 Å². The van der Waals surface area contributed by atoms with Gasteiger partial charge in [0, 0.05) is 12.3 Å². The predicted molar refractivity (Wildman–Crippen MR) is 77.5 cm³/mol. The van der Waals surface area contributed by atoms with Crippen LogP contribution in [0.4, 0.5) is 0 Å². The lowest BCUT2D eigenvalue weighted by atomic mass is 9.97. The zero-order valence-electron chi connectivity index (χ0n) is 11.1. The van der Waals surface area contributed by atoms with Crippen LogP contribution in [0.5, 0.6) is 0 Å². The van der Waals surface area contributed by atoms with Crippen LogP contribution in [0.25, 0.3) is 0 Å². The maximum atomic E-state index is 11.7. The van der Waals surface area contributed by atoms with E-state index in [1.54, 1.807) is 16.7 Å². The van der Waals surface area contributed by atoms with Crippen LogP contribution in [0.3, 0.4) is 0 Å². The van der Waals surface area contributed by atoms with Gasteiger partial charge in [-0.05, 0) is 36.0 Å². The Bertz CT molecular complexity index is 591. The first-order valence-electron chi connectivity index (χ1n) is 7.07. The highest BCUT2D eigenvalue weighted by molar-refractivity contribution is 5.26. The second-order valence-corrected chi connectivity index (χ2v) is 5.39. The molecule has 1 fully saturated rings. The minimum atomic E-state index is 0.0577. The number of rotatable bonds is 3. The highest BCUT2D eigenvalue weighted by Gasteiger charge is 2.16. The Morgan fingerprint density at radius 2 is 1.74 bits per heavy atom. The summed E-state index contributed by atoms with van der Waals surface area (Å²) in [6, 6.07) is 14.1. The summed E-state index contributed by atoms with van der Waals surface area (Å²) >= 11 is 0. The van der Waals surface area contributed by atoms with Crippen LogP contribution in [-0.2, 0) is 6.54 Å². The fourth-order valence-corrected chi connectivity index (χ4v) is 2.94. The minimum Gasteiger partial charge on any atom is -0.311 e. The zero-order chi connectivity index (χ0) is 13.1. The van der Waals surface area contributed by atoms with E-state index in [-0.39, 0.29) is 5.56 Å². The van der Waals surface area contributed by atoms with Crippen molar-refractivity contribution in [2.45, 2.75) is 38.1 Å². The molecule has 1 aromatic heterocycles. The molecule has 19 heavy (non-hydrogen) atoms. The monoisotopic (exact) mass is 253 g/mol. The molecule has 0 amide bonds. The molecular formula is C17H19NO. The van der Waals surface area contributed by atoms with Crippen molar-refractivity contribution in [3.05, 3.63) is 70.1 Å². The summed E-state index contributed by atoms with van der Waals surface area (Å²) in [5, 5.41) is 0. The summed E-state index contributed by atoms with van der Waals surface area (Å²) in [6.07, 6.45) is 7.24. The molecule has 2 aromatic rings.